The fourth-order valence-corrected chi connectivity index (χ4v) is 9.98. The smallest absolute Gasteiger partial charge is 0.352 e. The first-order valence-electron chi connectivity index (χ1n) is 20.6. The second kappa shape index (κ2) is 20.8. The molecule has 0 bridgehead atoms. The average molecular weight is 1020 g/mol. The van der Waals surface area contributed by atoms with E-state index >= 15 is 0 Å². The summed E-state index contributed by atoms with van der Waals surface area (Å²) in [6, 6.07) is 3.27. The number of carbonyl (C=O) groups is 7. The van der Waals surface area contributed by atoms with Crippen LogP contribution in [-0.2, 0) is 28.8 Å². The van der Waals surface area contributed by atoms with E-state index in [1.54, 1.807) is 0 Å². The predicted octanol–water partition coefficient (Wildman–Crippen LogP) is 1.48. The predicted molar refractivity (Wildman–Crippen MR) is 245 cm³/mol. The molecular formula is C41H46Cl2N9O14S2+. The molecule has 0 aliphatic carbocycles. The van der Waals surface area contributed by atoms with Crippen molar-refractivity contribution in [2.24, 2.45) is 5.16 Å². The molecule has 27 heteroatoms. The average Bonchev–Trinajstić information content (AvgIpc) is 3.95. The number of thiazole rings is 1. The fourth-order valence-electron chi connectivity index (χ4n) is 7.60. The van der Waals surface area contributed by atoms with E-state index in [0.717, 1.165) is 47.3 Å². The lowest BCUT2D eigenvalue weighted by Gasteiger charge is -2.50. The second-order valence-corrected chi connectivity index (χ2v) is 19.1. The van der Waals surface area contributed by atoms with Gasteiger partial charge in [-0.25, -0.2) is 14.6 Å². The molecule has 23 nitrogen and oxygen atoms in total. The summed E-state index contributed by atoms with van der Waals surface area (Å²) in [5.41, 5.74) is 3.21. The van der Waals surface area contributed by atoms with E-state index in [4.69, 9.17) is 33.8 Å². The van der Waals surface area contributed by atoms with Gasteiger partial charge in [0.15, 0.2) is 33.8 Å². The maximum absolute atomic E-state index is 13.8. The van der Waals surface area contributed by atoms with Gasteiger partial charge in [0.05, 0.1) is 53.9 Å². The molecule has 0 spiro atoms. The molecule has 5 amide bonds. The number of oxime groups is 1. The highest BCUT2D eigenvalue weighted by Gasteiger charge is 2.55. The molecule has 1 aromatic heterocycles. The summed E-state index contributed by atoms with van der Waals surface area (Å²) in [6.07, 6.45) is 1.51. The number of likely N-dealkylation sites (tertiary alicyclic amines) is 1. The number of nitrogens with one attached hydrogen (secondary N) is 3. The Morgan fingerprint density at radius 3 is 2.12 bits per heavy atom. The van der Waals surface area contributed by atoms with Crippen molar-refractivity contribution in [1.82, 2.24) is 30.7 Å². The minimum Gasteiger partial charge on any atom is -0.504 e. The standard InChI is InChI=1S/C41H45Cl2N9O14S2/c1-41(2,39(64)65)66-49-28(22-18-68-40(44)47-22)35(60)48-29-36(61)51-30(38(62)63)19(17-67-37(29)51)16-52(12-3-4-13-52)14-11-50(10-9-45-33(58)20-5-7-23(53)31(56)26(20)42)25(55)15-46-34(59)21-6-8-24(54)32(57)27(21)43/h5-8,18,29,37H,3-4,9-17H2,1-2H3,(H10-,44,45,46,47,48,49,53,54,56,57,58,59,60,62,63,64,65)/p+1/t29-,37-/m1/s1. The van der Waals surface area contributed by atoms with Crippen LogP contribution in [0, 0.1) is 0 Å². The number of hydrogen-bond donors (Lipinski definition) is 10. The van der Waals surface area contributed by atoms with Crippen LogP contribution in [0.15, 0.2) is 46.1 Å². The van der Waals surface area contributed by atoms with Crippen LogP contribution in [0.5, 0.6) is 23.0 Å². The Bertz CT molecular complexity index is 2620. The summed E-state index contributed by atoms with van der Waals surface area (Å²) >= 11 is 14.3. The molecule has 2 saturated heterocycles. The molecule has 0 saturated carbocycles. The molecule has 0 unspecified atom stereocenters. The number of fused-ring (bicyclic) bond motifs is 1. The van der Waals surface area contributed by atoms with E-state index < -0.39 is 104 Å². The van der Waals surface area contributed by atoms with E-state index in [2.05, 4.69) is 26.1 Å². The normalized spacial score (nSPS) is 17.7. The number of aliphatic carboxylic acids is 2. The summed E-state index contributed by atoms with van der Waals surface area (Å²) in [7, 11) is 0. The SMILES string of the molecule is CC(C)(O/N=C(\C(=O)N[C@@H]1C(=O)N2C(C(=O)O)=C(C[N+]3(CCN(CCNC(=O)c4ccc(O)c(O)c4Cl)C(=O)CNC(=O)c4ccc(O)c(O)c4Cl)CCCC3)CS[C@H]12)c1csc(N)n1)C(=O)O. The second-order valence-electron chi connectivity index (χ2n) is 16.3. The summed E-state index contributed by atoms with van der Waals surface area (Å²) in [5.74, 6) is -8.99. The Hall–Kier alpha value is -6.54. The Morgan fingerprint density at radius 1 is 0.956 bits per heavy atom. The van der Waals surface area contributed by atoms with Crippen LogP contribution in [0.3, 0.4) is 0 Å². The van der Waals surface area contributed by atoms with Crippen LogP contribution < -0.4 is 21.7 Å². The molecule has 2 aromatic carbocycles. The number of amides is 5. The van der Waals surface area contributed by atoms with E-state index in [-0.39, 0.29) is 66.1 Å². The number of quaternary nitrogens is 1. The molecule has 0 radical (unpaired) electrons. The van der Waals surface area contributed by atoms with Gasteiger partial charge in [-0.1, -0.05) is 28.4 Å². The lowest BCUT2D eigenvalue weighted by molar-refractivity contribution is -0.911. The Morgan fingerprint density at radius 2 is 1.56 bits per heavy atom. The number of hydrogen-bond acceptors (Lipinski definition) is 17. The number of phenolic OH excluding ortho intramolecular Hbond substituents is 4. The number of carbonyl (C=O) groups excluding carboxylic acids is 5. The third-order valence-corrected chi connectivity index (χ3v) is 14.2. The number of nitrogens with zero attached hydrogens (tertiary/aromatic N) is 5. The number of benzene rings is 2. The lowest BCUT2D eigenvalue weighted by atomic mass is 10.0. The highest BCUT2D eigenvalue weighted by atomic mass is 35.5. The van der Waals surface area contributed by atoms with Crippen LogP contribution >= 0.6 is 46.3 Å². The van der Waals surface area contributed by atoms with Crippen molar-refractivity contribution < 1.29 is 73.5 Å². The number of rotatable bonds is 19. The highest BCUT2D eigenvalue weighted by molar-refractivity contribution is 8.00. The summed E-state index contributed by atoms with van der Waals surface area (Å²) in [4.78, 5) is 104. The van der Waals surface area contributed by atoms with Gasteiger partial charge in [-0.3, -0.25) is 28.9 Å². The van der Waals surface area contributed by atoms with Crippen LogP contribution in [0.25, 0.3) is 0 Å². The third-order valence-electron chi connectivity index (χ3n) is 11.4. The lowest BCUT2D eigenvalue weighted by Crippen LogP contribution is -2.71. The summed E-state index contributed by atoms with van der Waals surface area (Å²) < 4.78 is 0.302. The van der Waals surface area contributed by atoms with Crippen molar-refractivity contribution in [2.75, 3.05) is 63.8 Å². The molecule has 3 aromatic rings. The highest BCUT2D eigenvalue weighted by Crippen LogP contribution is 2.42. The van der Waals surface area contributed by atoms with Gasteiger partial charge in [0.25, 0.3) is 23.6 Å². The van der Waals surface area contributed by atoms with Crippen molar-refractivity contribution in [2.45, 2.75) is 43.7 Å². The van der Waals surface area contributed by atoms with Crippen LogP contribution in [0.1, 0.15) is 53.1 Å². The van der Waals surface area contributed by atoms with Crippen molar-refractivity contribution in [1.29, 1.82) is 0 Å². The number of nitrogen functional groups attached to an aromatic ring is 1. The van der Waals surface area contributed by atoms with Crippen molar-refractivity contribution >= 4 is 98.6 Å². The molecule has 2 fully saturated rings. The van der Waals surface area contributed by atoms with Crippen molar-refractivity contribution in [3.05, 3.63) is 67.8 Å². The third kappa shape index (κ3) is 10.9. The maximum atomic E-state index is 13.8. The van der Waals surface area contributed by atoms with Gasteiger partial charge >= 0.3 is 11.9 Å². The quantitative estimate of drug-likeness (QED) is 0.0267. The first-order valence-corrected chi connectivity index (χ1v) is 23.3. The minimum absolute atomic E-state index is 0.0379. The Labute approximate surface area is 404 Å². The van der Waals surface area contributed by atoms with Crippen molar-refractivity contribution in [3.63, 3.8) is 0 Å². The number of anilines is 1. The Kier molecular flexibility index (Phi) is 15.5. The number of thioether (sulfide) groups is 1. The number of β-lactam (4-membered cyclic amide) rings is 1. The zero-order valence-corrected chi connectivity index (χ0v) is 39.3. The van der Waals surface area contributed by atoms with Gasteiger partial charge in [0, 0.05) is 42.6 Å². The molecule has 3 aliphatic heterocycles. The van der Waals surface area contributed by atoms with E-state index in [1.165, 1.54) is 42.0 Å². The van der Waals surface area contributed by atoms with Gasteiger partial charge in [0.2, 0.25) is 11.5 Å². The monoisotopic (exact) mass is 1020 g/mol. The first kappa shape index (κ1) is 50.9. The van der Waals surface area contributed by atoms with Gasteiger partial charge in [0.1, 0.15) is 29.4 Å². The number of aromatic nitrogens is 1. The van der Waals surface area contributed by atoms with E-state index in [0.29, 0.717) is 23.1 Å². The van der Waals surface area contributed by atoms with Gasteiger partial charge in [-0.05, 0) is 38.1 Å². The zero-order valence-electron chi connectivity index (χ0n) is 36.2. The van der Waals surface area contributed by atoms with Crippen LogP contribution in [0.4, 0.5) is 5.13 Å². The number of carboxylic acid groups (broad SMARTS) is 2. The Balaban J connectivity index is 1.18. The molecule has 6 rings (SSSR count). The molecule has 364 valence electrons. The van der Waals surface area contributed by atoms with Crippen LogP contribution in [-0.4, -0.2) is 172 Å². The molecule has 11 N–H and O–H groups in total. The number of aromatic hydroxyl groups is 4. The number of carboxylic acids is 2. The molecule has 4 heterocycles. The molecule has 3 aliphatic rings. The fraction of sp³-hybridized carbons (Fsp3) is 0.390. The maximum Gasteiger partial charge on any atom is 0.352 e. The van der Waals surface area contributed by atoms with Gasteiger partial charge in [-0.2, -0.15) is 0 Å². The molecule has 2 atom stereocenters. The number of nitrogens with two attached hydrogens (primary N) is 1. The van der Waals surface area contributed by atoms with E-state index in [9.17, 15) is 64.2 Å². The van der Waals surface area contributed by atoms with Gasteiger partial charge < -0.3 is 66.5 Å². The molecule has 68 heavy (non-hydrogen) atoms. The molecular weight excluding hydrogens is 978 g/mol. The summed E-state index contributed by atoms with van der Waals surface area (Å²) in [6.45, 7) is 3.22. The first-order chi connectivity index (χ1) is 32.1. The zero-order chi connectivity index (χ0) is 49.8. The van der Waals surface area contributed by atoms with E-state index in [1.807, 2.05) is 0 Å². The topological polar surface area (TPSA) is 344 Å². The van der Waals surface area contributed by atoms with Crippen LogP contribution in [0.2, 0.25) is 10.0 Å². The summed E-state index contributed by atoms with van der Waals surface area (Å²) in [5, 5.41) is 70.7. The number of phenols is 4. The number of halogens is 2. The van der Waals surface area contributed by atoms with Gasteiger partial charge in [-0.15, -0.1) is 23.1 Å². The minimum atomic E-state index is -1.85. The largest absolute Gasteiger partial charge is 0.504 e. The van der Waals surface area contributed by atoms with Crippen molar-refractivity contribution in [3.8, 4) is 23.0 Å².